The van der Waals surface area contributed by atoms with Crippen molar-refractivity contribution in [2.24, 2.45) is 0 Å². The first-order chi connectivity index (χ1) is 17.6. The van der Waals surface area contributed by atoms with Gasteiger partial charge in [0.2, 0.25) is 11.8 Å². The second-order valence-corrected chi connectivity index (χ2v) is 11.2. The monoisotopic (exact) mass is 561 g/mol. The summed E-state index contributed by atoms with van der Waals surface area (Å²) in [6.45, 7) is 3.28. The normalized spacial score (nSPS) is 12.0. The van der Waals surface area contributed by atoms with E-state index in [-0.39, 0.29) is 28.1 Å². The molecule has 3 aromatic carbocycles. The van der Waals surface area contributed by atoms with Crippen LogP contribution < -0.4 is 9.62 Å². The van der Waals surface area contributed by atoms with Crippen LogP contribution in [0.15, 0.2) is 77.7 Å². The first-order valence-corrected chi connectivity index (χ1v) is 13.9. The van der Waals surface area contributed by atoms with Crippen LogP contribution in [0.1, 0.15) is 24.5 Å². The highest BCUT2D eigenvalue weighted by atomic mass is 35.5. The quantitative estimate of drug-likeness (QED) is 0.375. The Kier molecular flexibility index (Phi) is 9.59. The number of hydrogen-bond donors (Lipinski definition) is 1. The highest BCUT2D eigenvalue weighted by molar-refractivity contribution is 7.92. The van der Waals surface area contributed by atoms with E-state index in [2.05, 4.69) is 5.32 Å². The molecule has 1 atom stereocenters. The molecule has 0 spiro atoms. The van der Waals surface area contributed by atoms with Crippen LogP contribution in [-0.4, -0.2) is 44.8 Å². The van der Waals surface area contributed by atoms with Gasteiger partial charge in [0.05, 0.1) is 15.6 Å². The van der Waals surface area contributed by atoms with Gasteiger partial charge in [0.15, 0.2) is 0 Å². The molecule has 3 rings (SSSR count). The summed E-state index contributed by atoms with van der Waals surface area (Å²) in [5.41, 5.74) is 1.92. The zero-order valence-electron chi connectivity index (χ0n) is 20.8. The number of nitrogens with one attached hydrogen (secondary N) is 1. The lowest BCUT2D eigenvalue weighted by molar-refractivity contribution is -0.140. The zero-order chi connectivity index (χ0) is 27.2. The van der Waals surface area contributed by atoms with Gasteiger partial charge in [-0.05, 0) is 49.2 Å². The number of aryl methyl sites for hydroxylation is 1. The van der Waals surface area contributed by atoms with Crippen LogP contribution >= 0.6 is 23.2 Å². The van der Waals surface area contributed by atoms with E-state index in [1.54, 1.807) is 25.1 Å². The fourth-order valence-corrected chi connectivity index (χ4v) is 6.02. The van der Waals surface area contributed by atoms with Crippen LogP contribution in [0.3, 0.4) is 0 Å². The fraction of sp³-hybridized carbons (Fsp3) is 0.259. The summed E-state index contributed by atoms with van der Waals surface area (Å²) >= 11 is 12.5. The first-order valence-electron chi connectivity index (χ1n) is 11.7. The minimum Gasteiger partial charge on any atom is -0.357 e. The highest BCUT2D eigenvalue weighted by Crippen LogP contribution is 2.33. The van der Waals surface area contributed by atoms with Crippen molar-refractivity contribution in [2.75, 3.05) is 17.9 Å². The Bertz CT molecular complexity index is 1370. The Hall–Kier alpha value is -3.07. The second-order valence-electron chi connectivity index (χ2n) is 8.47. The molecule has 3 aromatic rings. The topological polar surface area (TPSA) is 86.8 Å². The molecule has 196 valence electrons. The molecule has 0 bridgehead atoms. The van der Waals surface area contributed by atoms with Crippen molar-refractivity contribution in [2.45, 2.75) is 37.8 Å². The molecule has 1 unspecified atom stereocenters. The largest absolute Gasteiger partial charge is 0.357 e. The number of nitrogens with zero attached hydrogens (tertiary/aromatic N) is 2. The molecule has 0 saturated carbocycles. The number of likely N-dealkylation sites (N-methyl/N-ethyl adjacent to an activating group) is 1. The number of benzene rings is 3. The smallest absolute Gasteiger partial charge is 0.264 e. The molecule has 0 heterocycles. The van der Waals surface area contributed by atoms with E-state index in [4.69, 9.17) is 23.2 Å². The molecule has 0 saturated heterocycles. The van der Waals surface area contributed by atoms with Gasteiger partial charge < -0.3 is 10.2 Å². The molecular weight excluding hydrogens is 533 g/mol. The average molecular weight is 563 g/mol. The molecule has 2 amide bonds. The number of amides is 2. The maximum atomic E-state index is 13.9. The molecule has 37 heavy (non-hydrogen) atoms. The summed E-state index contributed by atoms with van der Waals surface area (Å²) in [5.74, 6) is -0.895. The molecule has 0 radical (unpaired) electrons. The Labute approximate surface area is 228 Å². The number of rotatable bonds is 10. The third-order valence-electron chi connectivity index (χ3n) is 5.86. The van der Waals surface area contributed by atoms with Gasteiger partial charge in [-0.2, -0.15) is 0 Å². The highest BCUT2D eigenvalue weighted by Gasteiger charge is 2.34. The number of sulfonamides is 1. The third-order valence-corrected chi connectivity index (χ3v) is 8.17. The van der Waals surface area contributed by atoms with Crippen LogP contribution in [0.4, 0.5) is 5.69 Å². The van der Waals surface area contributed by atoms with Gasteiger partial charge >= 0.3 is 0 Å². The first kappa shape index (κ1) is 28.5. The second kappa shape index (κ2) is 12.4. The maximum Gasteiger partial charge on any atom is 0.264 e. The van der Waals surface area contributed by atoms with Gasteiger partial charge in [-0.15, -0.1) is 0 Å². The van der Waals surface area contributed by atoms with Crippen molar-refractivity contribution >= 4 is 50.7 Å². The standard InChI is InChI=1S/C27H29Cl2N3O4S/c1-4-24(27(34)30-3)31(17-20-10-8-9-19(2)15-20)26(33)18-32(25-14-13-21(28)16-23(25)29)37(35,36)22-11-6-5-7-12-22/h5-16,24H,4,17-18H2,1-3H3,(H,30,34). The van der Waals surface area contributed by atoms with Gasteiger partial charge in [-0.1, -0.05) is 78.2 Å². The van der Waals surface area contributed by atoms with E-state index in [1.807, 2.05) is 31.2 Å². The molecule has 0 aliphatic carbocycles. The number of hydrogen-bond acceptors (Lipinski definition) is 4. The molecule has 1 N–H and O–H groups in total. The van der Waals surface area contributed by atoms with Crippen molar-refractivity contribution in [1.82, 2.24) is 10.2 Å². The number of carbonyl (C=O) groups excluding carboxylic acids is 2. The van der Waals surface area contributed by atoms with Crippen LogP contribution in [0.5, 0.6) is 0 Å². The van der Waals surface area contributed by atoms with Crippen LogP contribution in [0.25, 0.3) is 0 Å². The molecule has 0 aliphatic rings. The van der Waals surface area contributed by atoms with Crippen molar-refractivity contribution < 1.29 is 18.0 Å². The molecule has 7 nitrogen and oxygen atoms in total. The molecule has 0 aromatic heterocycles. The molecule has 10 heteroatoms. The van der Waals surface area contributed by atoms with Gasteiger partial charge in [-0.3, -0.25) is 13.9 Å². The minimum absolute atomic E-state index is 0.00241. The van der Waals surface area contributed by atoms with E-state index in [1.165, 1.54) is 42.3 Å². The summed E-state index contributed by atoms with van der Waals surface area (Å²) in [6, 6.07) is 18.9. The number of halogens is 2. The number of carbonyl (C=O) groups is 2. The summed E-state index contributed by atoms with van der Waals surface area (Å²) < 4.78 is 28.5. The third kappa shape index (κ3) is 6.83. The Balaban J connectivity index is 2.09. The fourth-order valence-electron chi connectivity index (χ4n) is 4.01. The lowest BCUT2D eigenvalue weighted by Crippen LogP contribution is -2.51. The molecule has 0 fully saturated rings. The zero-order valence-corrected chi connectivity index (χ0v) is 23.1. The minimum atomic E-state index is -4.20. The van der Waals surface area contributed by atoms with E-state index in [0.29, 0.717) is 11.4 Å². The Morgan fingerprint density at radius 3 is 2.27 bits per heavy atom. The van der Waals surface area contributed by atoms with Crippen molar-refractivity contribution in [1.29, 1.82) is 0 Å². The summed E-state index contributed by atoms with van der Waals surface area (Å²) in [4.78, 5) is 28.0. The average Bonchev–Trinajstić information content (AvgIpc) is 2.87. The van der Waals surface area contributed by atoms with E-state index in [0.717, 1.165) is 15.4 Å². The Morgan fingerprint density at radius 1 is 0.973 bits per heavy atom. The van der Waals surface area contributed by atoms with E-state index >= 15 is 0 Å². The lowest BCUT2D eigenvalue weighted by atomic mass is 10.1. The number of anilines is 1. The van der Waals surface area contributed by atoms with Gasteiger partial charge in [0.25, 0.3) is 10.0 Å². The predicted molar refractivity (Wildman–Crippen MR) is 147 cm³/mol. The molecule has 0 aliphatic heterocycles. The summed E-state index contributed by atoms with van der Waals surface area (Å²) in [5, 5.41) is 3.00. The summed E-state index contributed by atoms with van der Waals surface area (Å²) in [7, 11) is -2.70. The van der Waals surface area contributed by atoms with Crippen LogP contribution in [0.2, 0.25) is 10.0 Å². The lowest BCUT2D eigenvalue weighted by Gasteiger charge is -2.33. The molecular formula is C27H29Cl2N3O4S. The van der Waals surface area contributed by atoms with Crippen LogP contribution in [-0.2, 0) is 26.2 Å². The van der Waals surface area contributed by atoms with Crippen molar-refractivity contribution in [3.63, 3.8) is 0 Å². The van der Waals surface area contributed by atoms with Gasteiger partial charge in [-0.25, -0.2) is 8.42 Å². The Morgan fingerprint density at radius 2 is 1.68 bits per heavy atom. The van der Waals surface area contributed by atoms with Crippen molar-refractivity contribution in [3.05, 3.63) is 94.0 Å². The van der Waals surface area contributed by atoms with E-state index in [9.17, 15) is 18.0 Å². The summed E-state index contributed by atoms with van der Waals surface area (Å²) in [6.07, 6.45) is 0.338. The SMILES string of the molecule is CCC(C(=O)NC)N(Cc1cccc(C)c1)C(=O)CN(c1ccc(Cl)cc1Cl)S(=O)(=O)c1ccccc1. The van der Waals surface area contributed by atoms with Crippen LogP contribution in [0, 0.1) is 6.92 Å². The van der Waals surface area contributed by atoms with Gasteiger partial charge in [0, 0.05) is 18.6 Å². The predicted octanol–water partition coefficient (Wildman–Crippen LogP) is 5.05. The maximum absolute atomic E-state index is 13.9. The van der Waals surface area contributed by atoms with Crippen molar-refractivity contribution in [3.8, 4) is 0 Å². The van der Waals surface area contributed by atoms with Gasteiger partial charge in [0.1, 0.15) is 12.6 Å². The van der Waals surface area contributed by atoms with E-state index < -0.39 is 28.5 Å².